The number of nitrogens with zero attached hydrogens (tertiary/aromatic N) is 2. The Kier molecular flexibility index (Phi) is 7.09. The number of aliphatic hydroxyl groups is 1. The van der Waals surface area contributed by atoms with Crippen LogP contribution in [-0.2, 0) is 16.6 Å². The highest BCUT2D eigenvalue weighted by molar-refractivity contribution is 5.96. The van der Waals surface area contributed by atoms with Gasteiger partial charge in [0.05, 0.1) is 23.3 Å². The lowest BCUT2D eigenvalue weighted by atomic mass is 9.68. The van der Waals surface area contributed by atoms with Crippen molar-refractivity contribution in [2.45, 2.75) is 49.4 Å². The van der Waals surface area contributed by atoms with Gasteiger partial charge >= 0.3 is 6.18 Å². The molecule has 2 aliphatic rings. The number of hydrogen-bond acceptors (Lipinski definition) is 6. The minimum Gasteiger partial charge on any atom is -0.383 e. The Morgan fingerprint density at radius 3 is 2.54 bits per heavy atom. The van der Waals surface area contributed by atoms with Gasteiger partial charge in [0.15, 0.2) is 0 Å². The minimum absolute atomic E-state index is 0.109. The van der Waals surface area contributed by atoms with E-state index in [-0.39, 0.29) is 18.0 Å². The lowest BCUT2D eigenvalue weighted by Crippen LogP contribution is -2.58. The lowest BCUT2D eigenvalue weighted by Gasteiger charge is -2.44. The number of amides is 2. The van der Waals surface area contributed by atoms with E-state index in [2.05, 4.69) is 26.1 Å². The van der Waals surface area contributed by atoms with E-state index in [1.807, 2.05) is 0 Å². The second-order valence-corrected chi connectivity index (χ2v) is 9.31. The first-order chi connectivity index (χ1) is 16.6. The highest BCUT2D eigenvalue weighted by Gasteiger charge is 2.47. The quantitative estimate of drug-likeness (QED) is 0.492. The monoisotopic (exact) mass is 491 g/mol. The molecule has 1 atom stereocenters. The molecule has 4 rings (SSSR count). The summed E-state index contributed by atoms with van der Waals surface area (Å²) in [7, 11) is 0. The Balaban J connectivity index is 1.36. The highest BCUT2D eigenvalue weighted by atomic mass is 19.4. The fraction of sp³-hybridized carbons (Fsp3) is 0.500. The molecule has 0 radical (unpaired) electrons. The fourth-order valence-electron chi connectivity index (χ4n) is 5.14. The third-order valence-corrected chi connectivity index (χ3v) is 7.08. The molecule has 1 saturated heterocycles. The van der Waals surface area contributed by atoms with Crippen LogP contribution in [0.1, 0.15) is 53.7 Å². The topological polar surface area (TPSA) is 116 Å². The number of halogens is 3. The standard InChI is InChI=1S/C24H28F3N5O3/c25-24(26,27)18-4-1-3-16(13-18)21(34)29-14-20(33)31-22(10-12-28-15-22)17-6-8-23(35,9-7-17)19-5-2-11-30-32-19/h1-5,11,13,17,28,35H,6-10,12,14-15H2,(H,29,34)(H,31,33)/t17?,22-,23?/m0/s1. The molecule has 11 heteroatoms. The van der Waals surface area contributed by atoms with Crippen LogP contribution >= 0.6 is 0 Å². The molecular formula is C24H28F3N5O3. The number of rotatable bonds is 6. The number of hydrogen-bond donors (Lipinski definition) is 4. The summed E-state index contributed by atoms with van der Waals surface area (Å²) in [5, 5.41) is 27.8. The smallest absolute Gasteiger partial charge is 0.383 e. The van der Waals surface area contributed by atoms with E-state index in [0.717, 1.165) is 24.7 Å². The van der Waals surface area contributed by atoms with E-state index >= 15 is 0 Å². The van der Waals surface area contributed by atoms with Crippen molar-refractivity contribution < 1.29 is 27.9 Å². The maximum absolute atomic E-state index is 12.9. The summed E-state index contributed by atoms with van der Waals surface area (Å²) in [6.07, 6.45) is 0.0140. The highest BCUT2D eigenvalue weighted by Crippen LogP contribution is 2.43. The molecule has 1 aliphatic heterocycles. The van der Waals surface area contributed by atoms with Crippen molar-refractivity contribution in [1.82, 2.24) is 26.1 Å². The van der Waals surface area contributed by atoms with Crippen molar-refractivity contribution >= 4 is 11.8 Å². The van der Waals surface area contributed by atoms with Crippen molar-refractivity contribution in [3.8, 4) is 0 Å². The second-order valence-electron chi connectivity index (χ2n) is 9.31. The molecule has 1 saturated carbocycles. The summed E-state index contributed by atoms with van der Waals surface area (Å²) in [5.41, 5.74) is -2.13. The molecule has 1 aromatic carbocycles. The number of aromatic nitrogens is 2. The fourth-order valence-corrected chi connectivity index (χ4v) is 5.14. The van der Waals surface area contributed by atoms with Crippen LogP contribution in [0.15, 0.2) is 42.6 Å². The third-order valence-electron chi connectivity index (χ3n) is 7.08. The summed E-state index contributed by atoms with van der Waals surface area (Å²) in [6, 6.07) is 7.57. The molecule has 2 aromatic rings. The Labute approximate surface area is 200 Å². The van der Waals surface area contributed by atoms with Crippen LogP contribution in [0.25, 0.3) is 0 Å². The number of alkyl halides is 3. The Morgan fingerprint density at radius 2 is 1.91 bits per heavy atom. The van der Waals surface area contributed by atoms with Crippen molar-refractivity contribution in [2.24, 2.45) is 5.92 Å². The van der Waals surface area contributed by atoms with Gasteiger partial charge in [-0.1, -0.05) is 6.07 Å². The van der Waals surface area contributed by atoms with Gasteiger partial charge in [-0.05, 0) is 74.9 Å². The summed E-state index contributed by atoms with van der Waals surface area (Å²) >= 11 is 0. The van der Waals surface area contributed by atoms with E-state index in [1.54, 1.807) is 18.3 Å². The number of benzene rings is 1. The molecule has 1 aliphatic carbocycles. The molecule has 1 aromatic heterocycles. The van der Waals surface area contributed by atoms with Gasteiger partial charge in [-0.3, -0.25) is 9.59 Å². The van der Waals surface area contributed by atoms with Crippen molar-refractivity contribution in [1.29, 1.82) is 0 Å². The van der Waals surface area contributed by atoms with Crippen molar-refractivity contribution in [3.63, 3.8) is 0 Å². The molecule has 35 heavy (non-hydrogen) atoms. The van der Waals surface area contributed by atoms with E-state index < -0.39 is 34.7 Å². The molecule has 2 heterocycles. The predicted molar refractivity (Wildman–Crippen MR) is 120 cm³/mol. The summed E-state index contributed by atoms with van der Waals surface area (Å²) in [6.45, 7) is 0.934. The molecule has 2 amide bonds. The average Bonchev–Trinajstić information content (AvgIpc) is 3.32. The van der Waals surface area contributed by atoms with Crippen LogP contribution in [0, 0.1) is 5.92 Å². The Hall–Kier alpha value is -3.05. The van der Waals surface area contributed by atoms with Crippen LogP contribution in [0.2, 0.25) is 0 Å². The molecule has 188 valence electrons. The third kappa shape index (κ3) is 5.62. The Bertz CT molecular complexity index is 1050. The molecule has 0 spiro atoms. The number of carbonyl (C=O) groups excluding carboxylic acids is 2. The van der Waals surface area contributed by atoms with Crippen molar-refractivity contribution in [2.75, 3.05) is 19.6 Å². The number of carbonyl (C=O) groups is 2. The van der Waals surface area contributed by atoms with Gasteiger partial charge in [0.1, 0.15) is 5.60 Å². The molecule has 8 nitrogen and oxygen atoms in total. The van der Waals surface area contributed by atoms with Gasteiger partial charge in [0.25, 0.3) is 5.91 Å². The molecular weight excluding hydrogens is 463 g/mol. The zero-order valence-electron chi connectivity index (χ0n) is 19.1. The molecule has 4 N–H and O–H groups in total. The van der Waals surface area contributed by atoms with Gasteiger partial charge in [-0.15, -0.1) is 0 Å². The normalized spacial score (nSPS) is 26.8. The Morgan fingerprint density at radius 1 is 1.14 bits per heavy atom. The van der Waals surface area contributed by atoms with Gasteiger partial charge in [0.2, 0.25) is 5.91 Å². The van der Waals surface area contributed by atoms with Gasteiger partial charge in [-0.2, -0.15) is 23.4 Å². The van der Waals surface area contributed by atoms with Crippen LogP contribution in [0.5, 0.6) is 0 Å². The van der Waals surface area contributed by atoms with Crippen LogP contribution in [-0.4, -0.2) is 52.3 Å². The zero-order chi connectivity index (χ0) is 25.1. The van der Waals surface area contributed by atoms with Crippen molar-refractivity contribution in [3.05, 3.63) is 59.4 Å². The number of nitrogens with one attached hydrogen (secondary N) is 3. The van der Waals surface area contributed by atoms with E-state index in [4.69, 9.17) is 0 Å². The van der Waals surface area contributed by atoms with E-state index in [1.165, 1.54) is 6.07 Å². The zero-order valence-corrected chi connectivity index (χ0v) is 19.1. The van der Waals surface area contributed by atoms with E-state index in [0.29, 0.717) is 44.3 Å². The first-order valence-corrected chi connectivity index (χ1v) is 11.6. The van der Waals surface area contributed by atoms with Crippen LogP contribution in [0.3, 0.4) is 0 Å². The van der Waals surface area contributed by atoms with Gasteiger partial charge in [0, 0.05) is 18.3 Å². The second kappa shape index (κ2) is 9.90. The first-order valence-electron chi connectivity index (χ1n) is 11.6. The minimum atomic E-state index is -4.56. The summed E-state index contributed by atoms with van der Waals surface area (Å²) < 4.78 is 38.7. The maximum Gasteiger partial charge on any atom is 0.416 e. The molecule has 2 fully saturated rings. The predicted octanol–water partition coefficient (Wildman–Crippen LogP) is 2.15. The van der Waals surface area contributed by atoms with E-state index in [9.17, 15) is 27.9 Å². The van der Waals surface area contributed by atoms with Gasteiger partial charge in [-0.25, -0.2) is 0 Å². The summed E-state index contributed by atoms with van der Waals surface area (Å²) in [4.78, 5) is 25.1. The lowest BCUT2D eigenvalue weighted by molar-refractivity contribution is -0.137. The molecule has 0 bridgehead atoms. The largest absolute Gasteiger partial charge is 0.416 e. The summed E-state index contributed by atoms with van der Waals surface area (Å²) in [5.74, 6) is -1.06. The average molecular weight is 492 g/mol. The maximum atomic E-state index is 12.9. The van der Waals surface area contributed by atoms with Gasteiger partial charge < -0.3 is 21.1 Å². The molecule has 0 unspecified atom stereocenters. The van der Waals surface area contributed by atoms with Crippen LogP contribution in [0.4, 0.5) is 13.2 Å². The van der Waals surface area contributed by atoms with Crippen LogP contribution < -0.4 is 16.0 Å². The first kappa shape index (κ1) is 25.1. The SMILES string of the molecule is O=C(CNC(=O)c1cccc(C(F)(F)F)c1)N[C@@]1(C2CCC(O)(c3cccnn3)CC2)CCNC1.